The van der Waals surface area contributed by atoms with Crippen molar-refractivity contribution >= 4 is 5.91 Å². The van der Waals surface area contributed by atoms with Gasteiger partial charge < -0.3 is 5.32 Å². The molecule has 0 fully saturated rings. The second kappa shape index (κ2) is 8.43. The number of amides is 1. The monoisotopic (exact) mass is 290 g/mol. The van der Waals surface area contributed by atoms with Crippen molar-refractivity contribution in [1.82, 2.24) is 10.2 Å². The molecule has 0 unspecified atom stereocenters. The number of rotatable bonds is 5. The molecule has 0 aliphatic heterocycles. The largest absolute Gasteiger partial charge is 0.341 e. The van der Waals surface area contributed by atoms with Crippen molar-refractivity contribution in [2.45, 2.75) is 39.8 Å². The summed E-state index contributed by atoms with van der Waals surface area (Å²) in [5.41, 5.74) is 0.308. The molecule has 1 amide bonds. The zero-order chi connectivity index (χ0) is 15.8. The molecule has 0 aliphatic rings. The van der Waals surface area contributed by atoms with Gasteiger partial charge in [0, 0.05) is 17.6 Å². The summed E-state index contributed by atoms with van der Waals surface area (Å²) in [6.07, 6.45) is 0. The highest BCUT2D eigenvalue weighted by atomic mass is 19.1. The van der Waals surface area contributed by atoms with E-state index in [1.807, 2.05) is 0 Å². The molecule has 0 bridgehead atoms. The van der Waals surface area contributed by atoms with Crippen molar-refractivity contribution in [3.63, 3.8) is 0 Å². The number of carbonyl (C=O) groups excluding carboxylic acids is 1. The van der Waals surface area contributed by atoms with Gasteiger partial charge in [-0.2, -0.15) is 0 Å². The number of benzene rings is 1. The minimum Gasteiger partial charge on any atom is -0.341 e. The molecule has 0 radical (unpaired) electrons. The number of nitrogens with one attached hydrogen (secondary N) is 1. The van der Waals surface area contributed by atoms with Crippen molar-refractivity contribution in [3.05, 3.63) is 35.6 Å². The second-order valence-corrected chi connectivity index (χ2v) is 5.41. The standard InChI is InChI=1S/C17H23FN2O/c1-13(2)20(14(3)4)11-6-5-10-19-17(21)15-8-7-9-16(18)12-15/h7-9,12-14H,10-11H2,1-4H3,(H,19,21). The fraction of sp³-hybridized carbons (Fsp3) is 0.471. The molecule has 0 heterocycles. The average molecular weight is 290 g/mol. The summed E-state index contributed by atoms with van der Waals surface area (Å²) in [7, 11) is 0. The second-order valence-electron chi connectivity index (χ2n) is 5.41. The van der Waals surface area contributed by atoms with Crippen molar-refractivity contribution < 1.29 is 9.18 Å². The molecular weight excluding hydrogens is 267 g/mol. The summed E-state index contributed by atoms with van der Waals surface area (Å²) in [5.74, 6) is 5.25. The third-order valence-corrected chi connectivity index (χ3v) is 3.14. The van der Waals surface area contributed by atoms with Crippen LogP contribution in [0.15, 0.2) is 24.3 Å². The number of hydrogen-bond donors (Lipinski definition) is 1. The van der Waals surface area contributed by atoms with E-state index in [1.165, 1.54) is 18.2 Å². The van der Waals surface area contributed by atoms with Crippen LogP contribution >= 0.6 is 0 Å². The van der Waals surface area contributed by atoms with E-state index in [4.69, 9.17) is 0 Å². The lowest BCUT2D eigenvalue weighted by Crippen LogP contribution is -2.37. The number of halogens is 1. The molecule has 1 aromatic carbocycles. The van der Waals surface area contributed by atoms with Crippen LogP contribution in [-0.4, -0.2) is 36.0 Å². The molecule has 1 N–H and O–H groups in total. The number of carbonyl (C=O) groups is 1. The Morgan fingerprint density at radius 1 is 1.24 bits per heavy atom. The molecular formula is C17H23FN2O. The van der Waals surface area contributed by atoms with Crippen molar-refractivity contribution in [3.8, 4) is 11.8 Å². The van der Waals surface area contributed by atoms with Crippen LogP contribution in [0.2, 0.25) is 0 Å². The molecule has 1 rings (SSSR count). The lowest BCUT2D eigenvalue weighted by atomic mass is 10.2. The van der Waals surface area contributed by atoms with Gasteiger partial charge in [-0.25, -0.2) is 4.39 Å². The smallest absolute Gasteiger partial charge is 0.252 e. The van der Waals surface area contributed by atoms with Gasteiger partial charge in [-0.05, 0) is 45.9 Å². The highest BCUT2D eigenvalue weighted by Crippen LogP contribution is 2.03. The molecule has 0 saturated carbocycles. The summed E-state index contributed by atoms with van der Waals surface area (Å²) in [6, 6.07) is 6.47. The first kappa shape index (κ1) is 17.2. The fourth-order valence-electron chi connectivity index (χ4n) is 2.03. The zero-order valence-electron chi connectivity index (χ0n) is 13.1. The first-order valence-corrected chi connectivity index (χ1v) is 7.17. The van der Waals surface area contributed by atoms with Crippen molar-refractivity contribution in [2.24, 2.45) is 0 Å². The Morgan fingerprint density at radius 2 is 1.90 bits per heavy atom. The minimum absolute atomic E-state index is 0.263. The lowest BCUT2D eigenvalue weighted by Gasteiger charge is -2.28. The van der Waals surface area contributed by atoms with Gasteiger partial charge in [-0.1, -0.05) is 17.9 Å². The van der Waals surface area contributed by atoms with E-state index in [-0.39, 0.29) is 12.5 Å². The topological polar surface area (TPSA) is 32.3 Å². The molecule has 0 aliphatic carbocycles. The Bertz CT molecular complexity index is 521. The maximum Gasteiger partial charge on any atom is 0.252 e. The van der Waals surface area contributed by atoms with Gasteiger partial charge in [0.15, 0.2) is 0 Å². The molecule has 3 nitrogen and oxygen atoms in total. The normalized spacial score (nSPS) is 10.7. The van der Waals surface area contributed by atoms with Gasteiger partial charge in [-0.15, -0.1) is 0 Å². The number of hydrogen-bond acceptors (Lipinski definition) is 2. The Hall–Kier alpha value is -1.86. The lowest BCUT2D eigenvalue weighted by molar-refractivity contribution is 0.0958. The van der Waals surface area contributed by atoms with E-state index in [1.54, 1.807) is 6.07 Å². The van der Waals surface area contributed by atoms with Crippen LogP contribution in [0.3, 0.4) is 0 Å². The minimum atomic E-state index is -0.418. The predicted molar refractivity (Wildman–Crippen MR) is 83.5 cm³/mol. The molecule has 0 atom stereocenters. The quantitative estimate of drug-likeness (QED) is 0.846. The van der Waals surface area contributed by atoms with E-state index in [2.05, 4.69) is 49.8 Å². The number of nitrogens with zero attached hydrogens (tertiary/aromatic N) is 1. The summed E-state index contributed by atoms with van der Waals surface area (Å²) in [5, 5.41) is 2.66. The van der Waals surface area contributed by atoms with Gasteiger partial charge >= 0.3 is 0 Å². The highest BCUT2D eigenvalue weighted by molar-refractivity contribution is 5.94. The van der Waals surface area contributed by atoms with E-state index in [9.17, 15) is 9.18 Å². The molecule has 0 saturated heterocycles. The van der Waals surface area contributed by atoms with Gasteiger partial charge in [0.05, 0.1) is 13.1 Å². The SMILES string of the molecule is CC(C)N(CC#CCNC(=O)c1cccc(F)c1)C(C)C. The zero-order valence-corrected chi connectivity index (χ0v) is 13.1. The van der Waals surface area contributed by atoms with E-state index in [0.717, 1.165) is 0 Å². The molecule has 114 valence electrons. The van der Waals surface area contributed by atoms with Gasteiger partial charge in [0.1, 0.15) is 5.82 Å². The van der Waals surface area contributed by atoms with Crippen LogP contribution < -0.4 is 5.32 Å². The van der Waals surface area contributed by atoms with Gasteiger partial charge in [0.2, 0.25) is 0 Å². The molecule has 1 aromatic rings. The molecule has 21 heavy (non-hydrogen) atoms. The maximum absolute atomic E-state index is 13.0. The van der Waals surface area contributed by atoms with E-state index >= 15 is 0 Å². The van der Waals surface area contributed by atoms with Crippen molar-refractivity contribution in [1.29, 1.82) is 0 Å². The van der Waals surface area contributed by atoms with Crippen LogP contribution in [0.25, 0.3) is 0 Å². The van der Waals surface area contributed by atoms with Crippen molar-refractivity contribution in [2.75, 3.05) is 13.1 Å². The Kier molecular flexibility index (Phi) is 6.90. The van der Waals surface area contributed by atoms with Crippen LogP contribution in [0, 0.1) is 17.7 Å². The summed E-state index contributed by atoms with van der Waals surface area (Å²) in [6.45, 7) is 9.46. The van der Waals surface area contributed by atoms with Crippen LogP contribution in [0.4, 0.5) is 4.39 Å². The summed E-state index contributed by atoms with van der Waals surface area (Å²) in [4.78, 5) is 14.0. The van der Waals surface area contributed by atoms with Crippen LogP contribution in [-0.2, 0) is 0 Å². The Balaban J connectivity index is 2.44. The Morgan fingerprint density at radius 3 is 2.48 bits per heavy atom. The first-order chi connectivity index (χ1) is 9.91. The van der Waals surface area contributed by atoms with Crippen LogP contribution in [0.5, 0.6) is 0 Å². The van der Waals surface area contributed by atoms with E-state index < -0.39 is 5.82 Å². The molecule has 4 heteroatoms. The third kappa shape index (κ3) is 5.97. The molecule has 0 spiro atoms. The van der Waals surface area contributed by atoms with Gasteiger partial charge in [0.25, 0.3) is 5.91 Å². The highest BCUT2D eigenvalue weighted by Gasteiger charge is 2.10. The summed E-state index contributed by atoms with van der Waals surface area (Å²) >= 11 is 0. The first-order valence-electron chi connectivity index (χ1n) is 7.17. The third-order valence-electron chi connectivity index (χ3n) is 3.14. The van der Waals surface area contributed by atoms with Gasteiger partial charge in [-0.3, -0.25) is 9.69 Å². The summed E-state index contributed by atoms with van der Waals surface area (Å²) < 4.78 is 13.0. The van der Waals surface area contributed by atoms with Crippen LogP contribution in [0.1, 0.15) is 38.1 Å². The fourth-order valence-corrected chi connectivity index (χ4v) is 2.03. The van der Waals surface area contributed by atoms with E-state index in [0.29, 0.717) is 24.2 Å². The average Bonchev–Trinajstić information content (AvgIpc) is 2.41. The maximum atomic E-state index is 13.0. The predicted octanol–water partition coefficient (Wildman–Crippen LogP) is 2.68. The molecule has 0 aromatic heterocycles. The Labute approximate surface area is 126 Å².